The fourth-order valence-corrected chi connectivity index (χ4v) is 1.16. The number of carbonyl (C=O) groups excluding carboxylic acids is 1. The summed E-state index contributed by atoms with van der Waals surface area (Å²) in [6.07, 6.45) is 2.29. The molecule has 0 aromatic heterocycles. The number of carbonyl (C=O) groups is 1. The molecule has 0 heterocycles. The number of nitrogens with one attached hydrogen (secondary N) is 1. The van der Waals surface area contributed by atoms with E-state index in [1.807, 2.05) is 31.2 Å². The number of nitriles is 1. The first-order chi connectivity index (χ1) is 8.76. The third-order valence-corrected chi connectivity index (χ3v) is 2.00. The van der Waals surface area contributed by atoms with Gasteiger partial charge in [0.1, 0.15) is 12.2 Å². The highest BCUT2D eigenvalue weighted by molar-refractivity contribution is 5.83. The molecule has 0 radical (unpaired) electrons. The van der Waals surface area contributed by atoms with E-state index in [1.54, 1.807) is 6.07 Å². The standard InChI is InChI=1S/C13H15N3O2/c1-2-9-18-12-5-3-11(4-6-12)10-15-16-13(17)7-8-14/h3-6,10H,2,7,9H2,1H3,(H,16,17)/b15-10+. The lowest BCUT2D eigenvalue weighted by molar-refractivity contribution is -0.120. The Morgan fingerprint density at radius 2 is 2.22 bits per heavy atom. The second kappa shape index (κ2) is 7.85. The van der Waals surface area contributed by atoms with Crippen LogP contribution in [0.15, 0.2) is 29.4 Å². The molecule has 0 saturated heterocycles. The van der Waals surface area contributed by atoms with E-state index in [0.717, 1.165) is 17.7 Å². The van der Waals surface area contributed by atoms with Gasteiger partial charge in [-0.25, -0.2) is 5.43 Å². The van der Waals surface area contributed by atoms with Crippen molar-refractivity contribution in [2.24, 2.45) is 5.10 Å². The number of nitrogens with zero attached hydrogens (tertiary/aromatic N) is 2. The van der Waals surface area contributed by atoms with E-state index >= 15 is 0 Å². The average Bonchev–Trinajstić information content (AvgIpc) is 2.38. The lowest BCUT2D eigenvalue weighted by atomic mass is 10.2. The van der Waals surface area contributed by atoms with E-state index in [2.05, 4.69) is 10.5 Å². The van der Waals surface area contributed by atoms with Crippen molar-refractivity contribution in [2.45, 2.75) is 19.8 Å². The van der Waals surface area contributed by atoms with Gasteiger partial charge in [0, 0.05) is 0 Å². The molecule has 94 valence electrons. The molecule has 0 atom stereocenters. The van der Waals surface area contributed by atoms with Gasteiger partial charge in [-0.2, -0.15) is 10.4 Å². The number of hydrogen-bond acceptors (Lipinski definition) is 4. The minimum Gasteiger partial charge on any atom is -0.494 e. The highest BCUT2D eigenvalue weighted by atomic mass is 16.5. The summed E-state index contributed by atoms with van der Waals surface area (Å²) in [6.45, 7) is 2.74. The maximum absolute atomic E-state index is 10.9. The van der Waals surface area contributed by atoms with Gasteiger partial charge in [0.25, 0.3) is 5.91 Å². The topological polar surface area (TPSA) is 74.5 Å². The summed E-state index contributed by atoms with van der Waals surface area (Å²) in [5.41, 5.74) is 3.10. The Labute approximate surface area is 106 Å². The minimum absolute atomic E-state index is 0.193. The number of hydrogen-bond donors (Lipinski definition) is 1. The van der Waals surface area contributed by atoms with E-state index in [4.69, 9.17) is 10.00 Å². The number of amides is 1. The van der Waals surface area contributed by atoms with Gasteiger partial charge in [-0.3, -0.25) is 4.79 Å². The van der Waals surface area contributed by atoms with Gasteiger partial charge in [-0.1, -0.05) is 6.92 Å². The highest BCUT2D eigenvalue weighted by Gasteiger charge is 1.96. The molecule has 0 aliphatic carbocycles. The van der Waals surface area contributed by atoms with Crippen molar-refractivity contribution in [3.05, 3.63) is 29.8 Å². The fourth-order valence-electron chi connectivity index (χ4n) is 1.16. The van der Waals surface area contributed by atoms with Gasteiger partial charge in [0.2, 0.25) is 0 Å². The summed E-state index contributed by atoms with van der Waals surface area (Å²) in [7, 11) is 0. The largest absolute Gasteiger partial charge is 0.494 e. The molecule has 0 spiro atoms. The van der Waals surface area contributed by atoms with Crippen LogP contribution in [0.4, 0.5) is 0 Å². The molecule has 1 rings (SSSR count). The molecule has 5 heteroatoms. The first kappa shape index (κ1) is 13.7. The number of ether oxygens (including phenoxy) is 1. The van der Waals surface area contributed by atoms with Crippen LogP contribution in [0, 0.1) is 11.3 Å². The SMILES string of the molecule is CCCOc1ccc(/C=N/NC(=O)CC#N)cc1. The number of hydrazone groups is 1. The molecule has 0 unspecified atom stereocenters. The van der Waals surface area contributed by atoms with E-state index in [0.29, 0.717) is 6.61 Å². The first-order valence-corrected chi connectivity index (χ1v) is 5.68. The Hall–Kier alpha value is -2.35. The molecule has 18 heavy (non-hydrogen) atoms. The zero-order valence-electron chi connectivity index (χ0n) is 10.2. The predicted molar refractivity (Wildman–Crippen MR) is 68.2 cm³/mol. The van der Waals surface area contributed by atoms with E-state index < -0.39 is 5.91 Å². The van der Waals surface area contributed by atoms with Gasteiger partial charge >= 0.3 is 0 Å². The molecular formula is C13H15N3O2. The second-order valence-electron chi connectivity index (χ2n) is 3.55. The van der Waals surface area contributed by atoms with Crippen molar-refractivity contribution in [1.29, 1.82) is 5.26 Å². The third kappa shape index (κ3) is 5.12. The van der Waals surface area contributed by atoms with Gasteiger partial charge < -0.3 is 4.74 Å². The van der Waals surface area contributed by atoms with E-state index in [9.17, 15) is 4.79 Å². The Bertz CT molecular complexity index is 446. The van der Waals surface area contributed by atoms with Crippen LogP contribution in [0.25, 0.3) is 0 Å². The second-order valence-corrected chi connectivity index (χ2v) is 3.55. The van der Waals surface area contributed by atoms with Crippen LogP contribution in [-0.2, 0) is 4.79 Å². The van der Waals surface area contributed by atoms with Crippen molar-refractivity contribution < 1.29 is 9.53 Å². The normalized spacial score (nSPS) is 10.0. The lowest BCUT2D eigenvalue weighted by Gasteiger charge is -2.03. The molecule has 1 aromatic rings. The van der Waals surface area contributed by atoms with Crippen LogP contribution in [0.1, 0.15) is 25.3 Å². The summed E-state index contributed by atoms with van der Waals surface area (Å²) < 4.78 is 5.43. The maximum atomic E-state index is 10.9. The van der Waals surface area contributed by atoms with E-state index in [1.165, 1.54) is 6.21 Å². The molecule has 1 aromatic carbocycles. The molecule has 1 N–H and O–H groups in total. The molecule has 0 aliphatic heterocycles. The molecule has 0 bridgehead atoms. The van der Waals surface area contributed by atoms with E-state index in [-0.39, 0.29) is 6.42 Å². The third-order valence-electron chi connectivity index (χ3n) is 2.00. The van der Waals surface area contributed by atoms with Gasteiger partial charge in [-0.15, -0.1) is 0 Å². The predicted octanol–water partition coefficient (Wildman–Crippen LogP) is 1.84. The van der Waals surface area contributed by atoms with Crippen molar-refractivity contribution in [1.82, 2.24) is 5.43 Å². The van der Waals surface area contributed by atoms with Crippen molar-refractivity contribution >= 4 is 12.1 Å². The Balaban J connectivity index is 2.46. The maximum Gasteiger partial charge on any atom is 0.254 e. The Kier molecular flexibility index (Phi) is 5.98. The lowest BCUT2D eigenvalue weighted by Crippen LogP contribution is -2.16. The Morgan fingerprint density at radius 3 is 2.83 bits per heavy atom. The van der Waals surface area contributed by atoms with Crippen LogP contribution in [-0.4, -0.2) is 18.7 Å². The number of rotatable bonds is 6. The van der Waals surface area contributed by atoms with Gasteiger partial charge in [0.05, 0.1) is 18.9 Å². The molecule has 1 amide bonds. The quantitative estimate of drug-likeness (QED) is 0.613. The molecule has 5 nitrogen and oxygen atoms in total. The summed E-state index contributed by atoms with van der Waals surface area (Å²) in [5.74, 6) is 0.388. The number of benzene rings is 1. The van der Waals surface area contributed by atoms with Crippen LogP contribution in [0.5, 0.6) is 5.75 Å². The highest BCUT2D eigenvalue weighted by Crippen LogP contribution is 2.11. The average molecular weight is 245 g/mol. The summed E-state index contributed by atoms with van der Waals surface area (Å²) >= 11 is 0. The smallest absolute Gasteiger partial charge is 0.254 e. The van der Waals surface area contributed by atoms with Crippen LogP contribution in [0.3, 0.4) is 0 Å². The summed E-state index contributed by atoms with van der Waals surface area (Å²) in [4.78, 5) is 10.9. The van der Waals surface area contributed by atoms with Crippen molar-refractivity contribution in [2.75, 3.05) is 6.61 Å². The Morgan fingerprint density at radius 1 is 1.50 bits per heavy atom. The van der Waals surface area contributed by atoms with Crippen LogP contribution >= 0.6 is 0 Å². The molecule has 0 fully saturated rings. The molecular weight excluding hydrogens is 230 g/mol. The fraction of sp³-hybridized carbons (Fsp3) is 0.308. The molecule has 0 saturated carbocycles. The van der Waals surface area contributed by atoms with Crippen molar-refractivity contribution in [3.8, 4) is 11.8 Å². The van der Waals surface area contributed by atoms with Crippen LogP contribution < -0.4 is 10.2 Å². The first-order valence-electron chi connectivity index (χ1n) is 5.68. The molecule has 0 aliphatic rings. The zero-order valence-corrected chi connectivity index (χ0v) is 10.2. The monoisotopic (exact) mass is 245 g/mol. The minimum atomic E-state index is -0.420. The zero-order chi connectivity index (χ0) is 13.2. The van der Waals surface area contributed by atoms with Crippen molar-refractivity contribution in [3.63, 3.8) is 0 Å². The van der Waals surface area contributed by atoms with Gasteiger partial charge in [0.15, 0.2) is 0 Å². The van der Waals surface area contributed by atoms with Crippen LogP contribution in [0.2, 0.25) is 0 Å². The summed E-state index contributed by atoms with van der Waals surface area (Å²) in [6, 6.07) is 9.10. The summed E-state index contributed by atoms with van der Waals surface area (Å²) in [5, 5.41) is 12.0. The van der Waals surface area contributed by atoms with Gasteiger partial charge in [-0.05, 0) is 36.2 Å².